The SMILES string of the molecule is CN(C)c1ccc2c(c1)C=C1C(=O)NC(c3ccc(O)cc3)=NC1O2. The van der Waals surface area contributed by atoms with Gasteiger partial charge in [-0.25, -0.2) is 4.99 Å². The van der Waals surface area contributed by atoms with Crippen molar-refractivity contribution in [3.05, 3.63) is 59.2 Å². The Labute approximate surface area is 145 Å². The molecule has 2 N–H and O–H groups in total. The minimum absolute atomic E-state index is 0.159. The van der Waals surface area contributed by atoms with Crippen molar-refractivity contribution in [1.82, 2.24) is 5.32 Å². The number of nitrogens with one attached hydrogen (secondary N) is 1. The van der Waals surface area contributed by atoms with Crippen LogP contribution in [-0.4, -0.2) is 37.2 Å². The topological polar surface area (TPSA) is 74.2 Å². The van der Waals surface area contributed by atoms with Gasteiger partial charge in [0.15, 0.2) is 0 Å². The average molecular weight is 335 g/mol. The molecule has 1 unspecified atom stereocenters. The first kappa shape index (κ1) is 15.3. The van der Waals surface area contributed by atoms with Gasteiger partial charge in [-0.05, 0) is 48.5 Å². The smallest absolute Gasteiger partial charge is 0.258 e. The minimum atomic E-state index is -0.671. The van der Waals surface area contributed by atoms with E-state index in [2.05, 4.69) is 10.3 Å². The first-order valence-corrected chi connectivity index (χ1v) is 7.89. The number of anilines is 1. The van der Waals surface area contributed by atoms with Crippen LogP contribution in [0.25, 0.3) is 6.08 Å². The van der Waals surface area contributed by atoms with Gasteiger partial charge in [-0.3, -0.25) is 4.79 Å². The van der Waals surface area contributed by atoms with Crippen LogP contribution in [0.1, 0.15) is 11.1 Å². The zero-order chi connectivity index (χ0) is 17.6. The minimum Gasteiger partial charge on any atom is -0.508 e. The van der Waals surface area contributed by atoms with Crippen LogP contribution >= 0.6 is 0 Å². The number of fused-ring (bicyclic) bond motifs is 2. The van der Waals surface area contributed by atoms with E-state index in [0.717, 1.165) is 11.3 Å². The van der Waals surface area contributed by atoms with Crippen LogP contribution in [0, 0.1) is 0 Å². The number of rotatable bonds is 2. The summed E-state index contributed by atoms with van der Waals surface area (Å²) in [5.74, 6) is 1.05. The van der Waals surface area contributed by atoms with E-state index in [1.54, 1.807) is 24.3 Å². The van der Waals surface area contributed by atoms with E-state index in [9.17, 15) is 9.90 Å². The molecular formula is C19H17N3O3. The van der Waals surface area contributed by atoms with E-state index in [1.165, 1.54) is 0 Å². The lowest BCUT2D eigenvalue weighted by molar-refractivity contribution is -0.117. The molecule has 4 rings (SSSR count). The molecule has 25 heavy (non-hydrogen) atoms. The summed E-state index contributed by atoms with van der Waals surface area (Å²) in [4.78, 5) is 19.0. The number of phenols is 1. The molecule has 0 spiro atoms. The standard InChI is InChI=1S/C19H17N3O3/c1-22(2)13-5-8-16-12(9-13)10-15-18(24)20-17(21-19(15)25-16)11-3-6-14(23)7-4-11/h3-10,19,23H,1-2H3,(H,20,21,24). The van der Waals surface area contributed by atoms with Gasteiger partial charge in [0.1, 0.15) is 17.3 Å². The van der Waals surface area contributed by atoms with Crippen molar-refractivity contribution in [2.75, 3.05) is 19.0 Å². The van der Waals surface area contributed by atoms with Gasteiger partial charge in [0.25, 0.3) is 5.91 Å². The monoisotopic (exact) mass is 335 g/mol. The van der Waals surface area contributed by atoms with Crippen LogP contribution in [0.3, 0.4) is 0 Å². The van der Waals surface area contributed by atoms with E-state index >= 15 is 0 Å². The molecule has 0 saturated carbocycles. The average Bonchev–Trinajstić information content (AvgIpc) is 2.60. The summed E-state index contributed by atoms with van der Waals surface area (Å²) in [5, 5.41) is 12.2. The van der Waals surface area contributed by atoms with Crippen LogP contribution in [0.4, 0.5) is 5.69 Å². The molecule has 2 aliphatic rings. The van der Waals surface area contributed by atoms with Crippen molar-refractivity contribution in [3.63, 3.8) is 0 Å². The lowest BCUT2D eigenvalue weighted by Crippen LogP contribution is -2.43. The maximum Gasteiger partial charge on any atom is 0.258 e. The van der Waals surface area contributed by atoms with Crippen LogP contribution < -0.4 is 15.0 Å². The Kier molecular flexibility index (Phi) is 3.46. The van der Waals surface area contributed by atoms with Gasteiger partial charge in [-0.1, -0.05) is 0 Å². The van der Waals surface area contributed by atoms with Gasteiger partial charge >= 0.3 is 0 Å². The predicted molar refractivity (Wildman–Crippen MR) is 95.9 cm³/mol. The third kappa shape index (κ3) is 2.71. The fourth-order valence-electron chi connectivity index (χ4n) is 2.83. The number of hydrogen-bond donors (Lipinski definition) is 2. The number of phenolic OH excluding ortho intramolecular Hbond substituents is 1. The third-order valence-electron chi connectivity index (χ3n) is 4.21. The molecule has 0 saturated heterocycles. The van der Waals surface area contributed by atoms with Gasteiger partial charge in [-0.15, -0.1) is 0 Å². The Balaban J connectivity index is 1.72. The van der Waals surface area contributed by atoms with Gasteiger partial charge in [-0.2, -0.15) is 0 Å². The fraction of sp³-hybridized carbons (Fsp3) is 0.158. The highest BCUT2D eigenvalue weighted by Gasteiger charge is 2.32. The molecule has 1 atom stereocenters. The Morgan fingerprint density at radius 2 is 1.92 bits per heavy atom. The number of carbonyl (C=O) groups excluding carboxylic acids is 1. The maximum absolute atomic E-state index is 12.5. The first-order valence-electron chi connectivity index (χ1n) is 7.89. The Bertz CT molecular complexity index is 914. The fourth-order valence-corrected chi connectivity index (χ4v) is 2.83. The molecule has 0 aliphatic carbocycles. The molecule has 6 heteroatoms. The molecular weight excluding hydrogens is 318 g/mol. The summed E-state index contributed by atoms with van der Waals surface area (Å²) >= 11 is 0. The van der Waals surface area contributed by atoms with Crippen LogP contribution in [0.2, 0.25) is 0 Å². The molecule has 0 fully saturated rings. The number of benzene rings is 2. The Morgan fingerprint density at radius 3 is 2.64 bits per heavy atom. The van der Waals surface area contributed by atoms with Crippen LogP contribution in [0.15, 0.2) is 53.0 Å². The van der Waals surface area contributed by atoms with E-state index in [1.807, 2.05) is 43.3 Å². The highest BCUT2D eigenvalue weighted by Crippen LogP contribution is 2.34. The molecule has 2 aromatic rings. The van der Waals surface area contributed by atoms with Crippen molar-refractivity contribution >= 4 is 23.5 Å². The summed E-state index contributed by atoms with van der Waals surface area (Å²) in [6, 6.07) is 12.3. The second-order valence-electron chi connectivity index (χ2n) is 6.17. The number of carbonyl (C=O) groups is 1. The molecule has 0 aromatic heterocycles. The summed E-state index contributed by atoms with van der Waals surface area (Å²) < 4.78 is 5.93. The molecule has 2 aromatic carbocycles. The number of aromatic hydroxyl groups is 1. The maximum atomic E-state index is 12.5. The lowest BCUT2D eigenvalue weighted by Gasteiger charge is -2.29. The quantitative estimate of drug-likeness (QED) is 0.882. The van der Waals surface area contributed by atoms with E-state index in [-0.39, 0.29) is 11.7 Å². The zero-order valence-corrected chi connectivity index (χ0v) is 13.9. The number of amides is 1. The highest BCUT2D eigenvalue weighted by atomic mass is 16.5. The van der Waals surface area contributed by atoms with Crippen molar-refractivity contribution in [1.29, 1.82) is 0 Å². The summed E-state index contributed by atoms with van der Waals surface area (Å²) in [5.41, 5.74) is 3.08. The molecule has 0 radical (unpaired) electrons. The first-order chi connectivity index (χ1) is 12.0. The molecule has 126 valence electrons. The van der Waals surface area contributed by atoms with Gasteiger partial charge < -0.3 is 20.1 Å². The van der Waals surface area contributed by atoms with E-state index < -0.39 is 6.23 Å². The highest BCUT2D eigenvalue weighted by molar-refractivity contribution is 6.16. The third-order valence-corrected chi connectivity index (χ3v) is 4.21. The Hall–Kier alpha value is -3.28. The van der Waals surface area contributed by atoms with Crippen LogP contribution in [0.5, 0.6) is 11.5 Å². The number of ether oxygens (including phenoxy) is 1. The summed E-state index contributed by atoms with van der Waals surface area (Å²) in [6.45, 7) is 0. The summed E-state index contributed by atoms with van der Waals surface area (Å²) in [7, 11) is 3.92. The lowest BCUT2D eigenvalue weighted by atomic mass is 10.0. The van der Waals surface area contributed by atoms with Crippen molar-refractivity contribution in [3.8, 4) is 11.5 Å². The number of amidine groups is 1. The van der Waals surface area contributed by atoms with Crippen molar-refractivity contribution in [2.24, 2.45) is 4.99 Å². The van der Waals surface area contributed by atoms with Crippen molar-refractivity contribution in [2.45, 2.75) is 6.23 Å². The Morgan fingerprint density at radius 1 is 1.16 bits per heavy atom. The molecule has 1 amide bonds. The summed E-state index contributed by atoms with van der Waals surface area (Å²) in [6.07, 6.45) is 1.15. The normalized spacial score (nSPS) is 18.2. The molecule has 0 bridgehead atoms. The van der Waals surface area contributed by atoms with E-state index in [0.29, 0.717) is 22.7 Å². The van der Waals surface area contributed by atoms with Gasteiger partial charge in [0, 0.05) is 30.9 Å². The zero-order valence-electron chi connectivity index (χ0n) is 13.9. The number of hydrogen-bond acceptors (Lipinski definition) is 5. The second-order valence-corrected chi connectivity index (χ2v) is 6.17. The van der Waals surface area contributed by atoms with Gasteiger partial charge in [0.05, 0.1) is 5.57 Å². The van der Waals surface area contributed by atoms with Crippen molar-refractivity contribution < 1.29 is 14.6 Å². The van der Waals surface area contributed by atoms with Crippen LogP contribution in [-0.2, 0) is 4.79 Å². The van der Waals surface area contributed by atoms with E-state index in [4.69, 9.17) is 4.74 Å². The van der Waals surface area contributed by atoms with Gasteiger partial charge in [0.2, 0.25) is 6.23 Å². The number of aliphatic imine (C=N–C) groups is 1. The molecule has 2 aliphatic heterocycles. The second kappa shape index (κ2) is 5.66. The number of nitrogens with zero attached hydrogens (tertiary/aromatic N) is 2. The molecule has 2 heterocycles. The predicted octanol–water partition coefficient (Wildman–Crippen LogP) is 2.14. The molecule has 6 nitrogen and oxygen atoms in total. The largest absolute Gasteiger partial charge is 0.508 e.